The summed E-state index contributed by atoms with van der Waals surface area (Å²) >= 11 is 0. The fraction of sp³-hybridized carbons (Fsp3) is 0.316. The summed E-state index contributed by atoms with van der Waals surface area (Å²) in [6, 6.07) is 5.85. The van der Waals surface area contributed by atoms with Crippen molar-refractivity contribution in [1.29, 1.82) is 0 Å². The van der Waals surface area contributed by atoms with Crippen LogP contribution in [0.2, 0.25) is 0 Å². The molecule has 0 unspecified atom stereocenters. The van der Waals surface area contributed by atoms with Gasteiger partial charge in [-0.1, -0.05) is 13.8 Å². The lowest BCUT2D eigenvalue weighted by Crippen LogP contribution is -2.39. The molecular formula is C19H19FN4O3. The predicted molar refractivity (Wildman–Crippen MR) is 99.3 cm³/mol. The summed E-state index contributed by atoms with van der Waals surface area (Å²) < 4.78 is 23.0. The van der Waals surface area contributed by atoms with E-state index >= 15 is 0 Å². The Morgan fingerprint density at radius 2 is 1.89 bits per heavy atom. The molecule has 0 spiro atoms. The molecule has 4 rings (SSSR count). The first-order valence-corrected chi connectivity index (χ1v) is 8.74. The van der Waals surface area contributed by atoms with E-state index in [9.17, 15) is 14.0 Å². The zero-order chi connectivity index (χ0) is 19.3. The monoisotopic (exact) mass is 370 g/mol. The Hall–Kier alpha value is -3.16. The average molecular weight is 370 g/mol. The number of oxazole rings is 1. The van der Waals surface area contributed by atoms with Crippen molar-refractivity contribution >= 4 is 17.0 Å². The first kappa shape index (κ1) is 17.3. The van der Waals surface area contributed by atoms with Gasteiger partial charge >= 0.3 is 11.5 Å². The molecule has 4 aromatic rings. The van der Waals surface area contributed by atoms with Gasteiger partial charge in [-0.25, -0.2) is 9.18 Å². The fourth-order valence-corrected chi connectivity index (χ4v) is 3.09. The van der Waals surface area contributed by atoms with Gasteiger partial charge in [0.2, 0.25) is 0 Å². The summed E-state index contributed by atoms with van der Waals surface area (Å²) in [5.41, 5.74) is 0.434. The van der Waals surface area contributed by atoms with Crippen molar-refractivity contribution in [2.24, 2.45) is 13.0 Å². The van der Waals surface area contributed by atoms with Gasteiger partial charge in [0.15, 0.2) is 16.9 Å². The van der Waals surface area contributed by atoms with E-state index in [1.165, 1.54) is 21.3 Å². The molecule has 3 heterocycles. The molecule has 0 bridgehead atoms. The number of hydrogen-bond acceptors (Lipinski definition) is 4. The van der Waals surface area contributed by atoms with Crippen LogP contribution in [0.5, 0.6) is 0 Å². The van der Waals surface area contributed by atoms with Crippen molar-refractivity contribution in [3.63, 3.8) is 0 Å². The Morgan fingerprint density at radius 1 is 1.19 bits per heavy atom. The average Bonchev–Trinajstić information content (AvgIpc) is 3.18. The molecule has 7 nitrogen and oxygen atoms in total. The fourth-order valence-electron chi connectivity index (χ4n) is 3.09. The highest BCUT2D eigenvalue weighted by Crippen LogP contribution is 2.24. The van der Waals surface area contributed by atoms with Crippen LogP contribution in [0.1, 0.15) is 20.3 Å². The lowest BCUT2D eigenvalue weighted by atomic mass is 10.1. The standard InChI is InChI=1S/C19H19FN4O3/c1-11(2)8-9-23-17(25)15-16(22(3)19(23)26)21-18-24(15)10-14(27-18)12-4-6-13(20)7-5-12/h4-7,10-11H,8-9H2,1-3H3. The number of fused-ring (bicyclic) bond motifs is 3. The van der Waals surface area contributed by atoms with Crippen molar-refractivity contribution in [3.05, 3.63) is 57.1 Å². The Bertz CT molecular complexity index is 1260. The number of aryl methyl sites for hydroxylation is 1. The van der Waals surface area contributed by atoms with Gasteiger partial charge in [-0.3, -0.25) is 18.3 Å². The second kappa shape index (κ2) is 6.22. The molecule has 27 heavy (non-hydrogen) atoms. The molecule has 140 valence electrons. The number of halogens is 1. The molecule has 0 N–H and O–H groups in total. The zero-order valence-corrected chi connectivity index (χ0v) is 15.3. The molecule has 0 aliphatic heterocycles. The highest BCUT2D eigenvalue weighted by molar-refractivity contribution is 5.76. The highest BCUT2D eigenvalue weighted by atomic mass is 19.1. The highest BCUT2D eigenvalue weighted by Gasteiger charge is 2.20. The summed E-state index contributed by atoms with van der Waals surface area (Å²) in [5, 5.41) is 0. The number of benzene rings is 1. The van der Waals surface area contributed by atoms with Gasteiger partial charge in [-0.15, -0.1) is 0 Å². The molecular weight excluding hydrogens is 351 g/mol. The molecule has 1 aromatic carbocycles. The third-order valence-corrected chi connectivity index (χ3v) is 4.65. The van der Waals surface area contributed by atoms with E-state index in [0.29, 0.717) is 23.8 Å². The number of hydrogen-bond donors (Lipinski definition) is 0. The molecule has 8 heteroatoms. The second-order valence-electron chi connectivity index (χ2n) is 7.02. The van der Waals surface area contributed by atoms with E-state index in [2.05, 4.69) is 4.98 Å². The van der Waals surface area contributed by atoms with Crippen molar-refractivity contribution in [3.8, 4) is 11.3 Å². The lowest BCUT2D eigenvalue weighted by molar-refractivity contribution is 0.488. The van der Waals surface area contributed by atoms with Crippen molar-refractivity contribution in [2.45, 2.75) is 26.8 Å². The summed E-state index contributed by atoms with van der Waals surface area (Å²) in [4.78, 5) is 29.8. The summed E-state index contributed by atoms with van der Waals surface area (Å²) in [6.45, 7) is 4.42. The maximum absolute atomic E-state index is 13.1. The molecule has 0 fully saturated rings. The number of aromatic nitrogens is 4. The van der Waals surface area contributed by atoms with Gasteiger partial charge in [0, 0.05) is 19.2 Å². The Balaban J connectivity index is 1.94. The minimum atomic E-state index is -0.396. The van der Waals surface area contributed by atoms with Crippen LogP contribution in [-0.2, 0) is 13.6 Å². The first-order chi connectivity index (χ1) is 12.9. The van der Waals surface area contributed by atoms with Crippen LogP contribution in [0.25, 0.3) is 28.3 Å². The first-order valence-electron chi connectivity index (χ1n) is 8.74. The Labute approximate surface area is 153 Å². The quantitative estimate of drug-likeness (QED) is 0.554. The van der Waals surface area contributed by atoms with E-state index in [4.69, 9.17) is 4.42 Å². The number of imidazole rings is 1. The third kappa shape index (κ3) is 2.77. The molecule has 0 saturated carbocycles. The molecule has 0 radical (unpaired) electrons. The topological polar surface area (TPSA) is 74.4 Å². The van der Waals surface area contributed by atoms with E-state index in [1.54, 1.807) is 29.8 Å². The van der Waals surface area contributed by atoms with E-state index in [1.807, 2.05) is 13.8 Å². The zero-order valence-electron chi connectivity index (χ0n) is 15.3. The Kier molecular flexibility index (Phi) is 3.98. The third-order valence-electron chi connectivity index (χ3n) is 4.65. The van der Waals surface area contributed by atoms with Crippen molar-refractivity contribution in [2.75, 3.05) is 0 Å². The summed E-state index contributed by atoms with van der Waals surface area (Å²) in [7, 11) is 1.59. The Morgan fingerprint density at radius 3 is 2.56 bits per heavy atom. The van der Waals surface area contributed by atoms with Crippen LogP contribution in [0.4, 0.5) is 4.39 Å². The van der Waals surface area contributed by atoms with Gasteiger partial charge in [0.05, 0.1) is 6.20 Å². The molecule has 0 amide bonds. The van der Waals surface area contributed by atoms with Crippen LogP contribution in [0, 0.1) is 11.7 Å². The van der Waals surface area contributed by atoms with Crippen LogP contribution < -0.4 is 11.2 Å². The number of nitrogens with zero attached hydrogens (tertiary/aromatic N) is 4. The maximum Gasteiger partial charge on any atom is 0.332 e. The molecule has 0 saturated heterocycles. The van der Waals surface area contributed by atoms with Gasteiger partial charge in [-0.2, -0.15) is 4.98 Å². The second-order valence-corrected chi connectivity index (χ2v) is 7.02. The van der Waals surface area contributed by atoms with Crippen LogP contribution in [0.15, 0.2) is 44.5 Å². The van der Waals surface area contributed by atoms with E-state index < -0.39 is 11.2 Å². The lowest BCUT2D eigenvalue weighted by Gasteiger charge is -2.09. The molecule has 0 aliphatic carbocycles. The minimum absolute atomic E-state index is 0.207. The number of rotatable bonds is 4. The largest absolute Gasteiger partial charge is 0.423 e. The van der Waals surface area contributed by atoms with Crippen LogP contribution >= 0.6 is 0 Å². The predicted octanol–water partition coefficient (Wildman–Crippen LogP) is 2.79. The molecule has 0 aliphatic rings. The van der Waals surface area contributed by atoms with Gasteiger partial charge < -0.3 is 4.42 Å². The maximum atomic E-state index is 13.1. The normalized spacial score (nSPS) is 11.9. The minimum Gasteiger partial charge on any atom is -0.423 e. The molecule has 0 atom stereocenters. The summed E-state index contributed by atoms with van der Waals surface area (Å²) in [6.07, 6.45) is 2.35. The van der Waals surface area contributed by atoms with E-state index in [0.717, 1.165) is 6.42 Å². The van der Waals surface area contributed by atoms with Crippen LogP contribution in [-0.4, -0.2) is 18.5 Å². The SMILES string of the molecule is CC(C)CCn1c(=O)c2c(nc3oc(-c4ccc(F)cc4)cn32)n(C)c1=O. The van der Waals surface area contributed by atoms with Crippen molar-refractivity contribution in [1.82, 2.24) is 18.5 Å². The van der Waals surface area contributed by atoms with Gasteiger partial charge in [0.1, 0.15) is 5.82 Å². The smallest absolute Gasteiger partial charge is 0.332 e. The van der Waals surface area contributed by atoms with Gasteiger partial charge in [-0.05, 0) is 36.6 Å². The van der Waals surface area contributed by atoms with E-state index in [-0.39, 0.29) is 22.8 Å². The van der Waals surface area contributed by atoms with Gasteiger partial charge in [0.25, 0.3) is 5.56 Å². The van der Waals surface area contributed by atoms with Crippen molar-refractivity contribution < 1.29 is 8.81 Å². The summed E-state index contributed by atoms with van der Waals surface area (Å²) in [5.74, 6) is 0.685. The molecule has 3 aromatic heterocycles. The van der Waals surface area contributed by atoms with Crippen LogP contribution in [0.3, 0.4) is 0 Å².